The smallest absolute Gasteiger partial charge is 0.122 e. The highest BCUT2D eigenvalue weighted by atomic mass is 15.2. The molecule has 0 radical (unpaired) electrons. The van der Waals surface area contributed by atoms with Crippen molar-refractivity contribution in [2.24, 2.45) is 5.73 Å². The van der Waals surface area contributed by atoms with Crippen molar-refractivity contribution in [3.05, 3.63) is 29.8 Å². The predicted molar refractivity (Wildman–Crippen MR) is 72.7 cm³/mol. The molecule has 0 heterocycles. The van der Waals surface area contributed by atoms with E-state index < -0.39 is 0 Å². The van der Waals surface area contributed by atoms with Crippen LogP contribution in [0.4, 0.5) is 5.69 Å². The van der Waals surface area contributed by atoms with Crippen LogP contribution in [0.15, 0.2) is 24.3 Å². The van der Waals surface area contributed by atoms with Crippen molar-refractivity contribution in [3.63, 3.8) is 0 Å². The fourth-order valence-corrected chi connectivity index (χ4v) is 2.70. The minimum Gasteiger partial charge on any atom is -0.384 e. The largest absolute Gasteiger partial charge is 0.384 e. The van der Waals surface area contributed by atoms with Crippen LogP contribution in [0.1, 0.15) is 38.2 Å². The summed E-state index contributed by atoms with van der Waals surface area (Å²) in [4.78, 5) is 2.47. The highest BCUT2D eigenvalue weighted by molar-refractivity contribution is 5.95. The van der Waals surface area contributed by atoms with Crippen molar-refractivity contribution in [3.8, 4) is 0 Å². The zero-order valence-corrected chi connectivity index (χ0v) is 10.4. The number of nitrogens with zero attached hydrogens (tertiary/aromatic N) is 1. The van der Waals surface area contributed by atoms with Gasteiger partial charge in [0.05, 0.1) is 0 Å². The summed E-state index contributed by atoms with van der Waals surface area (Å²) in [5, 5.41) is 7.39. The van der Waals surface area contributed by atoms with Gasteiger partial charge in [0.15, 0.2) is 0 Å². The Bertz CT molecular complexity index is 377. The molecule has 1 fully saturated rings. The molecule has 3 nitrogen and oxygen atoms in total. The van der Waals surface area contributed by atoms with Crippen LogP contribution in [0.25, 0.3) is 0 Å². The fourth-order valence-electron chi connectivity index (χ4n) is 2.70. The van der Waals surface area contributed by atoms with Gasteiger partial charge in [-0.2, -0.15) is 0 Å². The first-order chi connectivity index (χ1) is 8.22. The molecule has 1 aliphatic carbocycles. The summed E-state index contributed by atoms with van der Waals surface area (Å²) < 4.78 is 0. The normalized spacial score (nSPS) is 16.1. The first-order valence-corrected chi connectivity index (χ1v) is 6.43. The quantitative estimate of drug-likeness (QED) is 0.618. The van der Waals surface area contributed by atoms with E-state index in [1.165, 1.54) is 31.4 Å². The van der Waals surface area contributed by atoms with Gasteiger partial charge in [0.1, 0.15) is 5.84 Å². The van der Waals surface area contributed by atoms with E-state index in [-0.39, 0.29) is 5.84 Å². The second-order valence-corrected chi connectivity index (χ2v) is 4.68. The van der Waals surface area contributed by atoms with Crippen molar-refractivity contribution in [2.75, 3.05) is 11.4 Å². The Kier molecular flexibility index (Phi) is 3.67. The van der Waals surface area contributed by atoms with Crippen LogP contribution in [0.3, 0.4) is 0 Å². The van der Waals surface area contributed by atoms with E-state index >= 15 is 0 Å². The lowest BCUT2D eigenvalue weighted by atomic mass is 10.1. The third-order valence-corrected chi connectivity index (χ3v) is 3.62. The first kappa shape index (κ1) is 12.0. The van der Waals surface area contributed by atoms with Crippen LogP contribution < -0.4 is 10.6 Å². The number of nitrogen functional groups attached to an aromatic ring is 1. The number of nitrogens with two attached hydrogens (primary N) is 1. The Morgan fingerprint density at radius 1 is 1.29 bits per heavy atom. The van der Waals surface area contributed by atoms with Gasteiger partial charge in [0.2, 0.25) is 0 Å². The minimum absolute atomic E-state index is 0.139. The van der Waals surface area contributed by atoms with Gasteiger partial charge in [0.25, 0.3) is 0 Å². The van der Waals surface area contributed by atoms with E-state index in [1.54, 1.807) is 0 Å². The van der Waals surface area contributed by atoms with Crippen LogP contribution in [0.5, 0.6) is 0 Å². The average molecular weight is 231 g/mol. The molecule has 92 valence electrons. The number of hydrogen-bond acceptors (Lipinski definition) is 2. The van der Waals surface area contributed by atoms with Crippen LogP contribution in [0, 0.1) is 5.41 Å². The Morgan fingerprint density at radius 2 is 1.88 bits per heavy atom. The van der Waals surface area contributed by atoms with Crippen LogP contribution >= 0.6 is 0 Å². The Balaban J connectivity index is 2.16. The van der Waals surface area contributed by atoms with Crippen molar-refractivity contribution < 1.29 is 0 Å². The molecule has 17 heavy (non-hydrogen) atoms. The highest BCUT2D eigenvalue weighted by Gasteiger charge is 2.21. The van der Waals surface area contributed by atoms with Gasteiger partial charge in [0, 0.05) is 23.8 Å². The Labute approximate surface area is 103 Å². The van der Waals surface area contributed by atoms with E-state index in [4.69, 9.17) is 11.1 Å². The van der Waals surface area contributed by atoms with Crippen LogP contribution in [-0.2, 0) is 0 Å². The summed E-state index contributed by atoms with van der Waals surface area (Å²) in [5.41, 5.74) is 7.52. The van der Waals surface area contributed by atoms with E-state index in [0.717, 1.165) is 12.1 Å². The first-order valence-electron chi connectivity index (χ1n) is 6.43. The topological polar surface area (TPSA) is 53.1 Å². The second-order valence-electron chi connectivity index (χ2n) is 4.68. The van der Waals surface area contributed by atoms with Gasteiger partial charge in [-0.05, 0) is 44.0 Å². The molecule has 0 bridgehead atoms. The second kappa shape index (κ2) is 5.21. The summed E-state index contributed by atoms with van der Waals surface area (Å²) >= 11 is 0. The van der Waals surface area contributed by atoms with Gasteiger partial charge in [-0.3, -0.25) is 5.41 Å². The molecule has 0 spiro atoms. The monoisotopic (exact) mass is 231 g/mol. The van der Waals surface area contributed by atoms with E-state index in [1.807, 2.05) is 12.1 Å². The maximum atomic E-state index is 7.39. The lowest BCUT2D eigenvalue weighted by Crippen LogP contribution is -2.32. The molecule has 0 aliphatic heterocycles. The summed E-state index contributed by atoms with van der Waals surface area (Å²) in [6.45, 7) is 3.25. The molecule has 3 N–H and O–H groups in total. The molecule has 2 rings (SSSR count). The molecule has 3 heteroatoms. The molecule has 0 unspecified atom stereocenters. The van der Waals surface area contributed by atoms with Crippen molar-refractivity contribution in [1.82, 2.24) is 0 Å². The standard InChI is InChI=1S/C14H21N3/c1-2-17(12-5-3-4-6-12)13-9-7-11(8-10-13)14(15)16/h7-10,12H,2-6H2,1H3,(H3,15,16). The van der Waals surface area contributed by atoms with Gasteiger partial charge < -0.3 is 10.6 Å². The zero-order chi connectivity index (χ0) is 12.3. The molecule has 0 aromatic heterocycles. The molecular formula is C14H21N3. The molecule has 1 aromatic carbocycles. The Hall–Kier alpha value is -1.51. The van der Waals surface area contributed by atoms with Crippen LogP contribution in [0.2, 0.25) is 0 Å². The number of rotatable bonds is 4. The third-order valence-electron chi connectivity index (χ3n) is 3.62. The summed E-state index contributed by atoms with van der Waals surface area (Å²) in [7, 11) is 0. The lowest BCUT2D eigenvalue weighted by Gasteiger charge is -2.30. The molecule has 0 atom stereocenters. The minimum atomic E-state index is 0.139. The van der Waals surface area contributed by atoms with E-state index in [9.17, 15) is 0 Å². The van der Waals surface area contributed by atoms with Crippen molar-refractivity contribution in [1.29, 1.82) is 5.41 Å². The molecular weight excluding hydrogens is 210 g/mol. The SMILES string of the molecule is CCN(c1ccc(C(=N)N)cc1)C1CCCC1. The molecule has 0 saturated heterocycles. The lowest BCUT2D eigenvalue weighted by molar-refractivity contribution is 0.620. The molecule has 1 aliphatic rings. The number of benzene rings is 1. The van der Waals surface area contributed by atoms with E-state index in [2.05, 4.69) is 24.0 Å². The maximum absolute atomic E-state index is 7.39. The summed E-state index contributed by atoms with van der Waals surface area (Å²) in [5.74, 6) is 0.139. The predicted octanol–water partition coefficient (Wildman–Crippen LogP) is 2.74. The zero-order valence-electron chi connectivity index (χ0n) is 10.4. The maximum Gasteiger partial charge on any atom is 0.122 e. The number of amidine groups is 1. The fraction of sp³-hybridized carbons (Fsp3) is 0.500. The molecule has 1 aromatic rings. The average Bonchev–Trinajstić information content (AvgIpc) is 2.84. The van der Waals surface area contributed by atoms with Gasteiger partial charge >= 0.3 is 0 Å². The highest BCUT2D eigenvalue weighted by Crippen LogP contribution is 2.28. The molecule has 0 amide bonds. The molecule has 1 saturated carbocycles. The Morgan fingerprint density at radius 3 is 2.35 bits per heavy atom. The van der Waals surface area contributed by atoms with Gasteiger partial charge in [-0.15, -0.1) is 0 Å². The van der Waals surface area contributed by atoms with Crippen molar-refractivity contribution >= 4 is 11.5 Å². The van der Waals surface area contributed by atoms with E-state index in [0.29, 0.717) is 6.04 Å². The summed E-state index contributed by atoms with van der Waals surface area (Å²) in [6, 6.07) is 8.74. The third kappa shape index (κ3) is 2.60. The van der Waals surface area contributed by atoms with Crippen molar-refractivity contribution in [2.45, 2.75) is 38.6 Å². The number of anilines is 1. The van der Waals surface area contributed by atoms with Gasteiger partial charge in [-0.1, -0.05) is 12.8 Å². The number of hydrogen-bond donors (Lipinski definition) is 2. The summed E-state index contributed by atoms with van der Waals surface area (Å²) in [6.07, 6.45) is 5.32. The number of nitrogens with one attached hydrogen (secondary N) is 1. The van der Waals surface area contributed by atoms with Gasteiger partial charge in [-0.25, -0.2) is 0 Å². The van der Waals surface area contributed by atoms with Crippen LogP contribution in [-0.4, -0.2) is 18.4 Å².